The largest absolute Gasteiger partial charge is 0.370 e. The Morgan fingerprint density at radius 2 is 2.05 bits per heavy atom. The van der Waals surface area contributed by atoms with Crippen LogP contribution in [0.4, 0.5) is 5.13 Å². The van der Waals surface area contributed by atoms with Gasteiger partial charge in [0.2, 0.25) is 0 Å². The third-order valence-corrected chi connectivity index (χ3v) is 6.02. The summed E-state index contributed by atoms with van der Waals surface area (Å²) in [6.07, 6.45) is 7.44. The van der Waals surface area contributed by atoms with Crippen molar-refractivity contribution in [3.8, 4) is 0 Å². The molecule has 1 saturated heterocycles. The fourth-order valence-electron chi connectivity index (χ4n) is 3.39. The van der Waals surface area contributed by atoms with Crippen LogP contribution in [0.2, 0.25) is 0 Å². The van der Waals surface area contributed by atoms with Gasteiger partial charge in [-0.05, 0) is 37.0 Å². The molecule has 122 valence electrons. The number of anilines is 1. The van der Waals surface area contributed by atoms with Gasteiger partial charge >= 0.3 is 0 Å². The molecular formula is C15H24IN5S. The fraction of sp³-hybridized carbons (Fsp3) is 0.733. The van der Waals surface area contributed by atoms with Crippen molar-refractivity contribution in [2.75, 3.05) is 37.6 Å². The van der Waals surface area contributed by atoms with Crippen molar-refractivity contribution in [2.24, 2.45) is 22.1 Å². The Hall–Kier alpha value is -0.570. The van der Waals surface area contributed by atoms with E-state index in [0.717, 1.165) is 49.7 Å². The normalized spacial score (nSPS) is 24.1. The van der Waals surface area contributed by atoms with Crippen LogP contribution >= 0.6 is 35.3 Å². The highest BCUT2D eigenvalue weighted by Gasteiger charge is 2.53. The second kappa shape index (κ2) is 6.51. The highest BCUT2D eigenvalue weighted by atomic mass is 127. The van der Waals surface area contributed by atoms with Crippen molar-refractivity contribution in [1.29, 1.82) is 0 Å². The summed E-state index contributed by atoms with van der Waals surface area (Å²) in [6, 6.07) is 0. The molecule has 3 fully saturated rings. The van der Waals surface area contributed by atoms with Gasteiger partial charge in [0.05, 0.1) is 0 Å². The molecule has 0 spiro atoms. The van der Waals surface area contributed by atoms with Gasteiger partial charge < -0.3 is 15.5 Å². The maximum Gasteiger partial charge on any atom is 0.191 e. The zero-order valence-corrected chi connectivity index (χ0v) is 15.9. The van der Waals surface area contributed by atoms with Gasteiger partial charge in [0.15, 0.2) is 11.1 Å². The summed E-state index contributed by atoms with van der Waals surface area (Å²) in [4.78, 5) is 13.7. The van der Waals surface area contributed by atoms with Gasteiger partial charge in [-0.1, -0.05) is 0 Å². The third-order valence-electron chi connectivity index (χ3n) is 5.19. The van der Waals surface area contributed by atoms with Crippen LogP contribution in [0, 0.1) is 11.3 Å². The number of nitrogens with zero attached hydrogens (tertiary/aromatic N) is 4. The monoisotopic (exact) mass is 433 g/mol. The summed E-state index contributed by atoms with van der Waals surface area (Å²) in [7, 11) is 0. The Morgan fingerprint density at radius 1 is 1.32 bits per heavy atom. The van der Waals surface area contributed by atoms with Crippen molar-refractivity contribution in [1.82, 2.24) is 9.88 Å². The Kier molecular flexibility index (Phi) is 4.82. The lowest BCUT2D eigenvalue weighted by molar-refractivity contribution is 0.376. The van der Waals surface area contributed by atoms with Gasteiger partial charge in [-0.25, -0.2) is 4.98 Å². The van der Waals surface area contributed by atoms with Crippen LogP contribution in [0.1, 0.15) is 25.7 Å². The fourth-order valence-corrected chi connectivity index (χ4v) is 4.09. The molecule has 0 radical (unpaired) electrons. The molecule has 22 heavy (non-hydrogen) atoms. The average molecular weight is 433 g/mol. The van der Waals surface area contributed by atoms with Gasteiger partial charge in [0.25, 0.3) is 0 Å². The van der Waals surface area contributed by atoms with E-state index in [9.17, 15) is 0 Å². The van der Waals surface area contributed by atoms with Gasteiger partial charge in [0.1, 0.15) is 0 Å². The van der Waals surface area contributed by atoms with Crippen LogP contribution in [-0.2, 0) is 0 Å². The molecule has 1 aromatic heterocycles. The van der Waals surface area contributed by atoms with E-state index in [4.69, 9.17) is 10.7 Å². The summed E-state index contributed by atoms with van der Waals surface area (Å²) < 4.78 is 0. The molecule has 1 aromatic rings. The number of piperazine rings is 1. The van der Waals surface area contributed by atoms with Crippen molar-refractivity contribution in [2.45, 2.75) is 25.7 Å². The van der Waals surface area contributed by atoms with Crippen molar-refractivity contribution in [3.63, 3.8) is 0 Å². The van der Waals surface area contributed by atoms with E-state index in [-0.39, 0.29) is 24.0 Å². The quantitative estimate of drug-likeness (QED) is 0.450. The van der Waals surface area contributed by atoms with Crippen molar-refractivity contribution >= 4 is 46.4 Å². The molecule has 7 heteroatoms. The molecule has 4 rings (SSSR count). The van der Waals surface area contributed by atoms with E-state index in [1.807, 2.05) is 11.6 Å². The summed E-state index contributed by atoms with van der Waals surface area (Å²) in [5.74, 6) is 1.71. The molecule has 2 aliphatic carbocycles. The number of rotatable bonds is 4. The molecule has 5 nitrogen and oxygen atoms in total. The minimum atomic E-state index is 0. The first kappa shape index (κ1) is 16.3. The number of aromatic nitrogens is 1. The Morgan fingerprint density at radius 3 is 2.59 bits per heavy atom. The summed E-state index contributed by atoms with van der Waals surface area (Å²) in [6.45, 7) is 4.82. The summed E-state index contributed by atoms with van der Waals surface area (Å²) >= 11 is 1.71. The van der Waals surface area contributed by atoms with E-state index in [1.54, 1.807) is 11.3 Å². The Balaban J connectivity index is 0.00000144. The van der Waals surface area contributed by atoms with Gasteiger partial charge in [0, 0.05) is 44.3 Å². The minimum Gasteiger partial charge on any atom is -0.370 e. The number of thiazole rings is 1. The van der Waals surface area contributed by atoms with Crippen LogP contribution in [-0.4, -0.2) is 48.6 Å². The highest BCUT2D eigenvalue weighted by molar-refractivity contribution is 14.0. The van der Waals surface area contributed by atoms with E-state index in [2.05, 4.69) is 14.8 Å². The molecule has 2 N–H and O–H groups in total. The van der Waals surface area contributed by atoms with E-state index < -0.39 is 0 Å². The number of hydrogen-bond donors (Lipinski definition) is 1. The minimum absolute atomic E-state index is 0. The lowest BCUT2D eigenvalue weighted by atomic mass is 10.0. The summed E-state index contributed by atoms with van der Waals surface area (Å²) in [5, 5.41) is 3.15. The first-order valence-corrected chi connectivity index (χ1v) is 8.84. The van der Waals surface area contributed by atoms with Crippen LogP contribution in [0.5, 0.6) is 0 Å². The molecule has 0 atom stereocenters. The standard InChI is InChI=1S/C15H23N5S.HI/c16-13(18-11-15(3-4-15)12-1-2-12)19-6-8-20(9-7-19)14-17-5-10-21-14;/h5,10,12H,1-4,6-9,11H2,(H2,16,18);1H. The second-order valence-electron chi connectivity index (χ2n) is 6.60. The first-order valence-electron chi connectivity index (χ1n) is 7.96. The van der Waals surface area contributed by atoms with Gasteiger partial charge in [-0.15, -0.1) is 35.3 Å². The van der Waals surface area contributed by atoms with E-state index in [0.29, 0.717) is 5.41 Å². The number of aliphatic imine (C=N–C) groups is 1. The van der Waals surface area contributed by atoms with Crippen molar-refractivity contribution in [3.05, 3.63) is 11.6 Å². The summed E-state index contributed by atoms with van der Waals surface area (Å²) in [5.41, 5.74) is 6.76. The van der Waals surface area contributed by atoms with Gasteiger partial charge in [-0.3, -0.25) is 4.99 Å². The maximum absolute atomic E-state index is 6.21. The molecule has 2 saturated carbocycles. The lowest BCUT2D eigenvalue weighted by Gasteiger charge is -2.35. The molecular weight excluding hydrogens is 409 g/mol. The Labute approximate surface area is 153 Å². The third kappa shape index (κ3) is 3.34. The molecule has 0 bridgehead atoms. The zero-order chi connectivity index (χ0) is 14.3. The van der Waals surface area contributed by atoms with Crippen LogP contribution < -0.4 is 10.6 Å². The van der Waals surface area contributed by atoms with Crippen LogP contribution in [0.3, 0.4) is 0 Å². The number of halogens is 1. The first-order chi connectivity index (χ1) is 10.3. The predicted molar refractivity (Wildman–Crippen MR) is 102 cm³/mol. The molecule has 0 unspecified atom stereocenters. The lowest BCUT2D eigenvalue weighted by Crippen LogP contribution is -2.51. The van der Waals surface area contributed by atoms with E-state index in [1.165, 1.54) is 25.7 Å². The van der Waals surface area contributed by atoms with Crippen LogP contribution in [0.15, 0.2) is 16.6 Å². The highest BCUT2D eigenvalue weighted by Crippen LogP contribution is 2.61. The number of hydrogen-bond acceptors (Lipinski definition) is 4. The van der Waals surface area contributed by atoms with Gasteiger partial charge in [-0.2, -0.15) is 0 Å². The second-order valence-corrected chi connectivity index (χ2v) is 7.47. The smallest absolute Gasteiger partial charge is 0.191 e. The van der Waals surface area contributed by atoms with Crippen LogP contribution in [0.25, 0.3) is 0 Å². The topological polar surface area (TPSA) is 57.8 Å². The average Bonchev–Trinajstić information content (AvgIpc) is 3.43. The Bertz CT molecular complexity index is 516. The number of guanidine groups is 1. The maximum atomic E-state index is 6.21. The number of nitrogens with two attached hydrogens (primary N) is 1. The molecule has 0 amide bonds. The molecule has 2 heterocycles. The zero-order valence-electron chi connectivity index (χ0n) is 12.8. The van der Waals surface area contributed by atoms with E-state index >= 15 is 0 Å². The molecule has 3 aliphatic rings. The van der Waals surface area contributed by atoms with Crippen molar-refractivity contribution < 1.29 is 0 Å². The molecule has 1 aliphatic heterocycles. The predicted octanol–water partition coefficient (Wildman–Crippen LogP) is 2.39. The molecule has 0 aromatic carbocycles. The SMILES string of the molecule is I.NC(=NCC1(C2CC2)CC1)N1CCN(c2nccs2)CC1.